The fraction of sp³-hybridized carbons (Fsp3) is 0. The van der Waals surface area contributed by atoms with Crippen LogP contribution in [0.3, 0.4) is 0 Å². The van der Waals surface area contributed by atoms with Crippen LogP contribution < -0.4 is 0 Å². The van der Waals surface area contributed by atoms with Gasteiger partial charge in [-0.05, 0) is 0 Å². The maximum absolute atomic E-state index is 1.46. The molecule has 32 valence electrons. The summed E-state index contributed by atoms with van der Waals surface area (Å²) in [5.41, 5.74) is 0. The predicted octanol–water partition coefficient (Wildman–Crippen LogP) is -5.12. The van der Waals surface area contributed by atoms with Crippen LogP contribution in [0.25, 0.3) is 0 Å². The van der Waals surface area contributed by atoms with E-state index in [2.05, 4.69) is 0 Å². The van der Waals surface area contributed by atoms with Crippen molar-refractivity contribution in [2.24, 2.45) is 0 Å². The summed E-state index contributed by atoms with van der Waals surface area (Å²) in [4.78, 5) is 0. The molecule has 0 unspecified atom stereocenters. The molecule has 0 aromatic rings. The average Bonchev–Trinajstić information content (AvgIpc) is 1.41. The second-order valence-electron chi connectivity index (χ2n) is 1.35. The van der Waals surface area contributed by atoms with E-state index in [4.69, 9.17) is 0 Å². The van der Waals surface area contributed by atoms with Crippen LogP contribution in [0.5, 0.6) is 0 Å². The first-order chi connectivity index (χ1) is 2.41. The van der Waals surface area contributed by atoms with E-state index in [1.807, 2.05) is 0 Å². The third kappa shape index (κ3) is 6.71. The second kappa shape index (κ2) is 6.71. The molecule has 0 aliphatic carbocycles. The first kappa shape index (κ1) is 7.71. The van der Waals surface area contributed by atoms with E-state index in [-0.39, 0.29) is 0 Å². The summed E-state index contributed by atoms with van der Waals surface area (Å²) in [5.74, 6) is 0. The van der Waals surface area contributed by atoms with Crippen LogP contribution in [0.1, 0.15) is 0 Å². The molecular weight excluding hydrogens is 363 g/mol. The summed E-state index contributed by atoms with van der Waals surface area (Å²) in [7, 11) is 0. The molecule has 0 nitrogen and oxygen atoms in total. The summed E-state index contributed by atoms with van der Waals surface area (Å²) >= 11 is 4.75. The van der Waals surface area contributed by atoms with Gasteiger partial charge in [-0.25, -0.2) is 0 Å². The van der Waals surface area contributed by atoms with Gasteiger partial charge in [0.05, 0.1) is 0 Å². The van der Waals surface area contributed by atoms with Gasteiger partial charge in [-0.15, -0.1) is 0 Å². The summed E-state index contributed by atoms with van der Waals surface area (Å²) in [6.45, 7) is 0. The van der Waals surface area contributed by atoms with E-state index in [1.165, 1.54) is 29.1 Å². The normalized spacial score (nSPS) is 16.8. The minimum atomic E-state index is 0.594. The van der Waals surface area contributed by atoms with Gasteiger partial charge < -0.3 is 0 Å². The first-order valence-electron chi connectivity index (χ1n) is 2.41. The topological polar surface area (TPSA) is 0 Å². The van der Waals surface area contributed by atoms with Gasteiger partial charge in [0.25, 0.3) is 0 Å². The van der Waals surface area contributed by atoms with Crippen molar-refractivity contribution in [1.29, 1.82) is 0 Å². The third-order valence-corrected chi connectivity index (χ3v) is 515. The van der Waals surface area contributed by atoms with Gasteiger partial charge >= 0.3 is 63.6 Å². The van der Waals surface area contributed by atoms with Gasteiger partial charge in [0.15, 0.2) is 0 Å². The Kier molecular flexibility index (Phi) is 10.4. The quantitative estimate of drug-likeness (QED) is 0.424. The van der Waals surface area contributed by atoms with Gasteiger partial charge in [0, 0.05) is 0 Å². The molecule has 0 radical (unpaired) electrons. The molecule has 5 heteroatoms. The number of hydrogen-bond acceptors (Lipinski definition) is 0. The zero-order valence-corrected chi connectivity index (χ0v) is 21.4. The third-order valence-electron chi connectivity index (χ3n) is 0.707. The Morgan fingerprint density at radius 2 is 1.40 bits per heavy atom. The number of hydrogen-bond donors (Lipinski definition) is 0. The van der Waals surface area contributed by atoms with E-state index in [1.54, 1.807) is 0 Å². The summed E-state index contributed by atoms with van der Waals surface area (Å²) in [6, 6.07) is 0. The molecule has 0 N–H and O–H groups in total. The van der Waals surface area contributed by atoms with Crippen molar-refractivity contribution >= 4 is 63.6 Å². The summed E-state index contributed by atoms with van der Waals surface area (Å²) < 4.78 is 0. The molecule has 0 rings (SSSR count). The predicted molar refractivity (Wildman–Crippen MR) is 45.5 cm³/mol. The van der Waals surface area contributed by atoms with Crippen molar-refractivity contribution < 1.29 is 0 Å². The summed E-state index contributed by atoms with van der Waals surface area (Å²) in [5, 5.41) is 0. The Balaban J connectivity index is 2.19. The minimum absolute atomic E-state index is 0.594. The Morgan fingerprint density at radius 3 is 1.40 bits per heavy atom. The van der Waals surface area contributed by atoms with Crippen molar-refractivity contribution in [2.75, 3.05) is 0 Å². The van der Waals surface area contributed by atoms with Gasteiger partial charge in [-0.2, -0.15) is 0 Å². The fourth-order valence-corrected chi connectivity index (χ4v) is 1340. The second-order valence-corrected chi connectivity index (χ2v) is 190. The average molecular weight is 375 g/mol. The Labute approximate surface area is 62.5 Å². The zero-order chi connectivity index (χ0) is 4.12. The molecule has 0 heterocycles. The van der Waals surface area contributed by atoms with E-state index >= 15 is 0 Å². The fourth-order valence-electron chi connectivity index (χ4n) is 0.354. The van der Waals surface area contributed by atoms with Crippen molar-refractivity contribution in [3.63, 3.8) is 0 Å². The van der Waals surface area contributed by atoms with Crippen molar-refractivity contribution in [1.82, 2.24) is 0 Å². The van der Waals surface area contributed by atoms with Gasteiger partial charge in [0.2, 0.25) is 0 Å². The molecule has 0 fully saturated rings. The maximum atomic E-state index is 1.46. The monoisotopic (exact) mass is 382 g/mol. The summed E-state index contributed by atoms with van der Waals surface area (Å²) in [6.07, 6.45) is 0. The molecule has 0 aliphatic rings. The SMILES string of the molecule is [GeH3][GeH2][GeH2][GeH2][GeH3]. The van der Waals surface area contributed by atoms with Crippen LogP contribution >= 0.6 is 0 Å². The molecule has 0 spiro atoms. The molecule has 0 saturated heterocycles. The van der Waals surface area contributed by atoms with E-state index in [9.17, 15) is 0 Å². The van der Waals surface area contributed by atoms with E-state index in [0.717, 1.165) is 0 Å². The van der Waals surface area contributed by atoms with Crippen LogP contribution in [0.4, 0.5) is 0 Å². The van der Waals surface area contributed by atoms with Gasteiger partial charge in [-0.1, -0.05) is 0 Å². The molecule has 0 aromatic heterocycles. The molecule has 0 atom stereocenters. The Bertz CT molecular complexity index is 7.51. The van der Waals surface area contributed by atoms with E-state index < -0.39 is 0 Å². The van der Waals surface area contributed by atoms with Crippen molar-refractivity contribution in [3.05, 3.63) is 0 Å². The molecule has 0 saturated carbocycles. The standard InChI is InChI=1S/Ge5H12/c1-3-5-4-2/h3-5H2,1-2H3. The van der Waals surface area contributed by atoms with E-state index in [0.29, 0.717) is 34.5 Å². The van der Waals surface area contributed by atoms with Crippen molar-refractivity contribution in [3.8, 4) is 0 Å². The van der Waals surface area contributed by atoms with Crippen LogP contribution in [0.2, 0.25) is 0 Å². The molecule has 0 amide bonds. The Hall–Kier alpha value is 2.71. The first-order valence-corrected chi connectivity index (χ1v) is 65.2. The van der Waals surface area contributed by atoms with Crippen LogP contribution in [-0.2, 0) is 0 Å². The van der Waals surface area contributed by atoms with Gasteiger partial charge in [-0.3, -0.25) is 0 Å². The molecule has 0 bridgehead atoms. The van der Waals surface area contributed by atoms with Crippen LogP contribution in [-0.4, -0.2) is 63.6 Å². The van der Waals surface area contributed by atoms with Gasteiger partial charge in [0.1, 0.15) is 0 Å². The van der Waals surface area contributed by atoms with Crippen LogP contribution in [0.15, 0.2) is 0 Å². The number of rotatable bonds is 2. The zero-order valence-electron chi connectivity index (χ0n) is 4.12. The van der Waals surface area contributed by atoms with Crippen molar-refractivity contribution in [2.45, 2.75) is 0 Å². The molecule has 0 aromatic carbocycles. The van der Waals surface area contributed by atoms with Crippen LogP contribution in [0, 0.1) is 0 Å². The molecular formula is H12Ge5. The Morgan fingerprint density at radius 1 is 1.00 bits per heavy atom. The molecule has 0 aliphatic heterocycles. The molecule has 5 heavy (non-hydrogen) atoms.